The number of esters is 1. The smallest absolute Gasteiger partial charge is 0.317 e. The summed E-state index contributed by atoms with van der Waals surface area (Å²) in [6.45, 7) is 4.49. The number of non-ortho nitro benzene ring substituents is 1. The second-order valence-corrected chi connectivity index (χ2v) is 6.82. The summed E-state index contributed by atoms with van der Waals surface area (Å²) in [7, 11) is 1.57. The molecule has 1 aromatic carbocycles. The number of nitrogens with zero attached hydrogens (tertiary/aromatic N) is 2. The first-order valence-corrected chi connectivity index (χ1v) is 8.95. The monoisotopic (exact) mass is 395 g/mol. The molecule has 2 aliphatic heterocycles. The summed E-state index contributed by atoms with van der Waals surface area (Å²) in [4.78, 5) is 25.2. The van der Waals surface area contributed by atoms with Crippen LogP contribution in [0.4, 0.5) is 5.69 Å². The van der Waals surface area contributed by atoms with E-state index in [2.05, 4.69) is 5.32 Å². The quantitative estimate of drug-likeness (QED) is 0.334. The molecule has 3 rings (SSSR count). The van der Waals surface area contributed by atoms with Crippen LogP contribution in [0.2, 0.25) is 0 Å². The highest BCUT2D eigenvalue weighted by molar-refractivity contribution is 7.80. The molecule has 0 saturated carbocycles. The molecule has 27 heavy (non-hydrogen) atoms. The number of thiocarbonyl (C=S) groups is 1. The lowest BCUT2D eigenvalue weighted by molar-refractivity contribution is -0.385. The molecule has 0 spiro atoms. The summed E-state index contributed by atoms with van der Waals surface area (Å²) in [5.41, 5.74) is -0.687. The fraction of sp³-hybridized carbons (Fsp3) is 0.529. The second-order valence-electron chi connectivity index (χ2n) is 6.44. The Morgan fingerprint density at radius 2 is 2.26 bits per heavy atom. The van der Waals surface area contributed by atoms with Gasteiger partial charge in [0.2, 0.25) is 0 Å². The number of nitrogens with one attached hydrogen (secondary N) is 1. The summed E-state index contributed by atoms with van der Waals surface area (Å²) in [6.07, 6.45) is 0. The first-order chi connectivity index (χ1) is 12.8. The third-order valence-electron chi connectivity index (χ3n) is 4.89. The van der Waals surface area contributed by atoms with Crippen LogP contribution in [-0.4, -0.2) is 53.5 Å². The summed E-state index contributed by atoms with van der Waals surface area (Å²) in [5.74, 6) is -0.763. The van der Waals surface area contributed by atoms with Crippen molar-refractivity contribution in [3.8, 4) is 5.75 Å². The Bertz CT molecular complexity index is 788. The van der Waals surface area contributed by atoms with Gasteiger partial charge in [-0.15, -0.1) is 0 Å². The van der Waals surface area contributed by atoms with Crippen LogP contribution in [-0.2, 0) is 14.3 Å². The number of fused-ring (bicyclic) bond motifs is 4. The lowest BCUT2D eigenvalue weighted by Gasteiger charge is -2.55. The Balaban J connectivity index is 2.11. The molecule has 1 aromatic rings. The van der Waals surface area contributed by atoms with Crippen LogP contribution in [0.15, 0.2) is 18.2 Å². The van der Waals surface area contributed by atoms with Crippen LogP contribution >= 0.6 is 12.2 Å². The molecule has 2 bridgehead atoms. The van der Waals surface area contributed by atoms with E-state index in [1.165, 1.54) is 12.1 Å². The van der Waals surface area contributed by atoms with Gasteiger partial charge < -0.3 is 24.4 Å². The van der Waals surface area contributed by atoms with Crippen LogP contribution in [0, 0.1) is 16.0 Å². The molecular formula is C17H21N3O6S. The molecule has 10 heteroatoms. The van der Waals surface area contributed by atoms with Gasteiger partial charge in [0.1, 0.15) is 11.7 Å². The van der Waals surface area contributed by atoms with Crippen molar-refractivity contribution in [1.29, 1.82) is 0 Å². The average molecular weight is 395 g/mol. The molecule has 146 valence electrons. The zero-order valence-corrected chi connectivity index (χ0v) is 16.1. The van der Waals surface area contributed by atoms with Crippen molar-refractivity contribution in [1.82, 2.24) is 10.2 Å². The first kappa shape index (κ1) is 19.3. The topological polar surface area (TPSA) is 103 Å². The van der Waals surface area contributed by atoms with Crippen molar-refractivity contribution >= 4 is 29.0 Å². The van der Waals surface area contributed by atoms with Gasteiger partial charge in [0.15, 0.2) is 10.8 Å². The standard InChI is InChI=1S/C17H21N3O6S/c1-4-25-15(21)13-14-11-9-10(20(22)23)5-6-12(11)26-17(13,2)19(7-8-24-3)16(27)18-14/h5-6,9,13-14H,4,7-8H2,1-3H3,(H,18,27)/t13-,14-,17+/m1/s1. The highest BCUT2D eigenvalue weighted by Gasteiger charge is 2.59. The number of carbonyl (C=O) groups excluding carboxylic acids is 1. The molecule has 0 amide bonds. The number of hydrogen-bond donors (Lipinski definition) is 1. The minimum atomic E-state index is -1.11. The summed E-state index contributed by atoms with van der Waals surface area (Å²) in [6, 6.07) is 3.74. The molecule has 3 atom stereocenters. The predicted molar refractivity (Wildman–Crippen MR) is 99.3 cm³/mol. The Hall–Kier alpha value is -2.46. The maximum Gasteiger partial charge on any atom is 0.317 e. The SMILES string of the molecule is CCOC(=O)[C@H]1[C@@H]2NC(=S)N(CCOC)[C@@]1(C)Oc1ccc([N+](=O)[O-])cc12. The number of carbonyl (C=O) groups is 1. The fourth-order valence-corrected chi connectivity index (χ4v) is 4.05. The summed E-state index contributed by atoms with van der Waals surface area (Å²) >= 11 is 5.48. The van der Waals surface area contributed by atoms with Gasteiger partial charge in [-0.2, -0.15) is 0 Å². The van der Waals surface area contributed by atoms with Crippen molar-refractivity contribution < 1.29 is 23.9 Å². The van der Waals surface area contributed by atoms with Crippen LogP contribution in [0.25, 0.3) is 0 Å². The maximum absolute atomic E-state index is 12.8. The molecule has 0 unspecified atom stereocenters. The number of benzene rings is 1. The van der Waals surface area contributed by atoms with E-state index in [-0.39, 0.29) is 12.3 Å². The predicted octanol–water partition coefficient (Wildman–Crippen LogP) is 1.76. The lowest BCUT2D eigenvalue weighted by Crippen LogP contribution is -2.71. The van der Waals surface area contributed by atoms with Crippen LogP contribution in [0.1, 0.15) is 25.5 Å². The van der Waals surface area contributed by atoms with Gasteiger partial charge in [-0.05, 0) is 32.1 Å². The normalized spacial score (nSPS) is 25.9. The molecule has 2 aliphatic rings. The van der Waals surface area contributed by atoms with E-state index < -0.39 is 28.6 Å². The second kappa shape index (κ2) is 7.28. The maximum atomic E-state index is 12.8. The number of rotatable bonds is 6. The average Bonchev–Trinajstić information content (AvgIpc) is 2.60. The molecular weight excluding hydrogens is 374 g/mol. The van der Waals surface area contributed by atoms with E-state index >= 15 is 0 Å². The number of methoxy groups -OCH3 is 1. The highest BCUT2D eigenvalue weighted by Crippen LogP contribution is 2.49. The van der Waals surface area contributed by atoms with E-state index in [1.54, 1.807) is 31.9 Å². The Labute approximate surface area is 161 Å². The molecule has 0 aromatic heterocycles. The minimum absolute atomic E-state index is 0.0851. The zero-order chi connectivity index (χ0) is 19.8. The number of hydrogen-bond acceptors (Lipinski definition) is 7. The molecule has 0 radical (unpaired) electrons. The Morgan fingerprint density at radius 1 is 1.52 bits per heavy atom. The third-order valence-corrected chi connectivity index (χ3v) is 5.22. The van der Waals surface area contributed by atoms with Crippen LogP contribution < -0.4 is 10.1 Å². The van der Waals surface area contributed by atoms with Crippen molar-refractivity contribution in [2.45, 2.75) is 25.6 Å². The van der Waals surface area contributed by atoms with Gasteiger partial charge in [-0.3, -0.25) is 14.9 Å². The zero-order valence-electron chi connectivity index (χ0n) is 15.3. The third kappa shape index (κ3) is 3.19. The van der Waals surface area contributed by atoms with Gasteiger partial charge in [0.05, 0.1) is 24.2 Å². The number of nitro benzene ring substituents is 1. The molecule has 1 fully saturated rings. The first-order valence-electron chi connectivity index (χ1n) is 8.54. The van der Waals surface area contributed by atoms with Crippen LogP contribution in [0.5, 0.6) is 5.75 Å². The molecule has 9 nitrogen and oxygen atoms in total. The molecule has 1 saturated heterocycles. The fourth-order valence-electron chi connectivity index (χ4n) is 3.65. The summed E-state index contributed by atoms with van der Waals surface area (Å²) < 4.78 is 16.6. The largest absolute Gasteiger partial charge is 0.467 e. The van der Waals surface area contributed by atoms with Gasteiger partial charge in [0.25, 0.3) is 5.69 Å². The highest BCUT2D eigenvalue weighted by atomic mass is 32.1. The van der Waals surface area contributed by atoms with Gasteiger partial charge in [-0.25, -0.2) is 0 Å². The Kier molecular flexibility index (Phi) is 5.20. The Morgan fingerprint density at radius 3 is 2.89 bits per heavy atom. The van der Waals surface area contributed by atoms with Gasteiger partial charge in [-0.1, -0.05) is 0 Å². The van der Waals surface area contributed by atoms with Gasteiger partial charge in [0, 0.05) is 31.4 Å². The van der Waals surface area contributed by atoms with Crippen LogP contribution in [0.3, 0.4) is 0 Å². The van der Waals surface area contributed by atoms with Crippen molar-refractivity contribution in [2.75, 3.05) is 26.9 Å². The van der Waals surface area contributed by atoms with E-state index in [4.69, 9.17) is 26.4 Å². The van der Waals surface area contributed by atoms with Gasteiger partial charge >= 0.3 is 5.97 Å². The van der Waals surface area contributed by atoms with E-state index in [0.717, 1.165) is 0 Å². The van der Waals surface area contributed by atoms with Crippen molar-refractivity contribution in [3.05, 3.63) is 33.9 Å². The molecule has 2 heterocycles. The minimum Gasteiger partial charge on any atom is -0.467 e. The lowest BCUT2D eigenvalue weighted by atomic mass is 9.79. The van der Waals surface area contributed by atoms with Crippen molar-refractivity contribution in [2.24, 2.45) is 5.92 Å². The van der Waals surface area contributed by atoms with Crippen molar-refractivity contribution in [3.63, 3.8) is 0 Å². The number of nitro groups is 1. The van der Waals surface area contributed by atoms with E-state index in [9.17, 15) is 14.9 Å². The summed E-state index contributed by atoms with van der Waals surface area (Å²) in [5, 5.41) is 14.7. The molecule has 1 N–H and O–H groups in total. The van der Waals surface area contributed by atoms with E-state index in [0.29, 0.717) is 29.6 Å². The number of ether oxygens (including phenoxy) is 3. The van der Waals surface area contributed by atoms with E-state index in [1.807, 2.05) is 0 Å². The molecule has 0 aliphatic carbocycles.